The topological polar surface area (TPSA) is 52.7 Å². The number of amides is 2. The zero-order valence-corrected chi connectivity index (χ0v) is 15.9. The highest BCUT2D eigenvalue weighted by atomic mass is 16.2. The van der Waals surface area contributed by atoms with E-state index in [2.05, 4.69) is 29.3 Å². The van der Waals surface area contributed by atoms with Crippen molar-refractivity contribution < 1.29 is 9.59 Å². The summed E-state index contributed by atoms with van der Waals surface area (Å²) in [7, 11) is 0. The second-order valence-electron chi connectivity index (χ2n) is 6.91. The van der Waals surface area contributed by atoms with Crippen LogP contribution in [0, 0.1) is 0 Å². The first kappa shape index (κ1) is 19.1. The van der Waals surface area contributed by atoms with Gasteiger partial charge in [0.15, 0.2) is 0 Å². The van der Waals surface area contributed by atoms with Crippen LogP contribution in [0.1, 0.15) is 31.7 Å². The molecule has 1 saturated heterocycles. The minimum atomic E-state index is -0.0570. The van der Waals surface area contributed by atoms with Gasteiger partial charge in [0.05, 0.1) is 17.9 Å². The van der Waals surface area contributed by atoms with Gasteiger partial charge in [0, 0.05) is 19.5 Å². The molecule has 1 fully saturated rings. The molecule has 0 atom stereocenters. The van der Waals surface area contributed by atoms with Gasteiger partial charge in [-0.15, -0.1) is 0 Å². The Labute approximate surface area is 161 Å². The van der Waals surface area contributed by atoms with Crippen LogP contribution < -0.4 is 10.2 Å². The van der Waals surface area contributed by atoms with Gasteiger partial charge in [-0.05, 0) is 37.1 Å². The van der Waals surface area contributed by atoms with Gasteiger partial charge >= 0.3 is 0 Å². The molecule has 1 aliphatic heterocycles. The predicted molar refractivity (Wildman–Crippen MR) is 109 cm³/mol. The Morgan fingerprint density at radius 1 is 1.11 bits per heavy atom. The molecule has 0 radical (unpaired) electrons. The summed E-state index contributed by atoms with van der Waals surface area (Å²) in [5, 5.41) is 3.01. The maximum absolute atomic E-state index is 12.7. The van der Waals surface area contributed by atoms with Crippen LogP contribution in [0.4, 0.5) is 11.4 Å². The molecule has 0 saturated carbocycles. The predicted octanol–water partition coefficient (Wildman–Crippen LogP) is 3.66. The molecule has 0 aromatic heterocycles. The van der Waals surface area contributed by atoms with Crippen LogP contribution in [-0.4, -0.2) is 36.3 Å². The fraction of sp³-hybridized carbons (Fsp3) is 0.364. The van der Waals surface area contributed by atoms with Crippen LogP contribution in [0.2, 0.25) is 0 Å². The van der Waals surface area contributed by atoms with E-state index in [1.807, 2.05) is 42.5 Å². The summed E-state index contributed by atoms with van der Waals surface area (Å²) in [6.07, 6.45) is 2.42. The second-order valence-corrected chi connectivity index (χ2v) is 6.91. The molecule has 0 bridgehead atoms. The van der Waals surface area contributed by atoms with E-state index in [4.69, 9.17) is 0 Å². The van der Waals surface area contributed by atoms with E-state index >= 15 is 0 Å². The smallest absolute Gasteiger partial charge is 0.238 e. The lowest BCUT2D eigenvalue weighted by molar-refractivity contribution is -0.118. The fourth-order valence-corrected chi connectivity index (χ4v) is 3.48. The van der Waals surface area contributed by atoms with Crippen molar-refractivity contribution >= 4 is 23.2 Å². The number of benzene rings is 2. The Hall–Kier alpha value is -2.66. The molecule has 2 amide bonds. The summed E-state index contributed by atoms with van der Waals surface area (Å²) in [6.45, 7) is 4.75. The van der Waals surface area contributed by atoms with Crippen molar-refractivity contribution in [1.82, 2.24) is 4.90 Å². The minimum Gasteiger partial charge on any atom is -0.323 e. The Morgan fingerprint density at radius 2 is 1.85 bits per heavy atom. The lowest BCUT2D eigenvalue weighted by Gasteiger charge is -2.23. The second kappa shape index (κ2) is 9.33. The molecule has 0 unspecified atom stereocenters. The van der Waals surface area contributed by atoms with Crippen molar-refractivity contribution in [1.29, 1.82) is 0 Å². The molecular formula is C22H27N3O2. The standard InChI is InChI=1S/C22H27N3O2/c1-2-14-24(16-18-9-4-3-5-10-18)17-21(26)23-19-11-6-7-12-20(19)25-15-8-13-22(25)27/h3-7,9-12H,2,8,13-17H2,1H3,(H,23,26). The van der Waals surface area contributed by atoms with Gasteiger partial charge in [-0.3, -0.25) is 14.5 Å². The van der Waals surface area contributed by atoms with E-state index in [9.17, 15) is 9.59 Å². The third-order valence-electron chi connectivity index (χ3n) is 4.70. The number of para-hydroxylation sites is 2. The zero-order valence-electron chi connectivity index (χ0n) is 15.9. The third-order valence-corrected chi connectivity index (χ3v) is 4.70. The summed E-state index contributed by atoms with van der Waals surface area (Å²) in [4.78, 5) is 28.7. The molecular weight excluding hydrogens is 338 g/mol. The van der Waals surface area contributed by atoms with E-state index in [-0.39, 0.29) is 11.8 Å². The first-order chi connectivity index (χ1) is 13.2. The molecule has 1 aliphatic rings. The summed E-state index contributed by atoms with van der Waals surface area (Å²) in [5.41, 5.74) is 2.69. The lowest BCUT2D eigenvalue weighted by Crippen LogP contribution is -2.34. The Morgan fingerprint density at radius 3 is 2.56 bits per heavy atom. The van der Waals surface area contributed by atoms with Gasteiger partial charge < -0.3 is 10.2 Å². The average Bonchev–Trinajstić information content (AvgIpc) is 3.09. The summed E-state index contributed by atoms with van der Waals surface area (Å²) < 4.78 is 0. The highest BCUT2D eigenvalue weighted by Gasteiger charge is 2.24. The van der Waals surface area contributed by atoms with E-state index < -0.39 is 0 Å². The fourth-order valence-electron chi connectivity index (χ4n) is 3.48. The van der Waals surface area contributed by atoms with Crippen molar-refractivity contribution in [3.8, 4) is 0 Å². The van der Waals surface area contributed by atoms with E-state index in [0.717, 1.165) is 31.6 Å². The molecule has 1 N–H and O–H groups in total. The molecule has 27 heavy (non-hydrogen) atoms. The number of hydrogen-bond donors (Lipinski definition) is 1. The van der Waals surface area contributed by atoms with Crippen molar-refractivity contribution in [3.63, 3.8) is 0 Å². The molecule has 142 valence electrons. The molecule has 0 spiro atoms. The Balaban J connectivity index is 1.66. The average molecular weight is 365 g/mol. The van der Waals surface area contributed by atoms with Crippen LogP contribution in [0.3, 0.4) is 0 Å². The Bertz CT molecular complexity index is 776. The Kier molecular flexibility index (Phi) is 6.60. The van der Waals surface area contributed by atoms with Crippen LogP contribution >= 0.6 is 0 Å². The van der Waals surface area contributed by atoms with Gasteiger partial charge in [-0.1, -0.05) is 49.4 Å². The highest BCUT2D eigenvalue weighted by Crippen LogP contribution is 2.29. The van der Waals surface area contributed by atoms with Gasteiger partial charge in [0.1, 0.15) is 0 Å². The summed E-state index contributed by atoms with van der Waals surface area (Å²) in [5.74, 6) is 0.0619. The highest BCUT2D eigenvalue weighted by molar-refractivity contribution is 6.02. The van der Waals surface area contributed by atoms with Crippen LogP contribution in [0.5, 0.6) is 0 Å². The summed E-state index contributed by atoms with van der Waals surface area (Å²) >= 11 is 0. The molecule has 3 rings (SSSR count). The number of nitrogens with zero attached hydrogens (tertiary/aromatic N) is 2. The minimum absolute atomic E-state index is 0.0570. The molecule has 2 aromatic rings. The number of nitrogens with one attached hydrogen (secondary N) is 1. The van der Waals surface area contributed by atoms with Crippen molar-refractivity contribution in [2.75, 3.05) is 29.9 Å². The third kappa shape index (κ3) is 5.17. The van der Waals surface area contributed by atoms with Crippen LogP contribution in [0.25, 0.3) is 0 Å². The number of rotatable bonds is 8. The maximum Gasteiger partial charge on any atom is 0.238 e. The van der Waals surface area contributed by atoms with Crippen molar-refractivity contribution in [2.24, 2.45) is 0 Å². The lowest BCUT2D eigenvalue weighted by atomic mass is 10.2. The van der Waals surface area contributed by atoms with Gasteiger partial charge in [-0.2, -0.15) is 0 Å². The van der Waals surface area contributed by atoms with E-state index in [0.29, 0.717) is 25.2 Å². The summed E-state index contributed by atoms with van der Waals surface area (Å²) in [6, 6.07) is 17.7. The first-order valence-electron chi connectivity index (χ1n) is 9.63. The molecule has 5 nitrogen and oxygen atoms in total. The number of carbonyl (C=O) groups is 2. The van der Waals surface area contributed by atoms with Gasteiger partial charge in [0.25, 0.3) is 0 Å². The number of carbonyl (C=O) groups excluding carboxylic acids is 2. The zero-order chi connectivity index (χ0) is 19.1. The van der Waals surface area contributed by atoms with E-state index in [1.165, 1.54) is 5.56 Å². The molecule has 1 heterocycles. The van der Waals surface area contributed by atoms with Crippen LogP contribution in [-0.2, 0) is 16.1 Å². The SMILES string of the molecule is CCCN(CC(=O)Nc1ccccc1N1CCCC1=O)Cc1ccccc1. The van der Waals surface area contributed by atoms with Gasteiger partial charge in [-0.25, -0.2) is 0 Å². The quantitative estimate of drug-likeness (QED) is 0.777. The normalized spacial score (nSPS) is 14.0. The van der Waals surface area contributed by atoms with Crippen molar-refractivity contribution in [3.05, 3.63) is 60.2 Å². The van der Waals surface area contributed by atoms with Crippen LogP contribution in [0.15, 0.2) is 54.6 Å². The molecule has 0 aliphatic carbocycles. The maximum atomic E-state index is 12.7. The monoisotopic (exact) mass is 365 g/mol. The van der Waals surface area contributed by atoms with E-state index in [1.54, 1.807) is 4.90 Å². The molecule has 2 aromatic carbocycles. The largest absolute Gasteiger partial charge is 0.323 e. The van der Waals surface area contributed by atoms with Crippen molar-refractivity contribution in [2.45, 2.75) is 32.7 Å². The number of hydrogen-bond acceptors (Lipinski definition) is 3. The van der Waals surface area contributed by atoms with Gasteiger partial charge in [0.2, 0.25) is 11.8 Å². The first-order valence-corrected chi connectivity index (χ1v) is 9.63. The molecule has 5 heteroatoms. The number of anilines is 2.